The van der Waals surface area contributed by atoms with E-state index >= 15 is 0 Å². The fraction of sp³-hybridized carbons (Fsp3) is 0.357. The zero-order chi connectivity index (χ0) is 12.8. The third-order valence-electron chi connectivity index (χ3n) is 3.04. The van der Waals surface area contributed by atoms with Gasteiger partial charge >= 0.3 is 0 Å². The summed E-state index contributed by atoms with van der Waals surface area (Å²) in [7, 11) is 0. The van der Waals surface area contributed by atoms with Crippen LogP contribution in [0.5, 0.6) is 0 Å². The Hall–Kier alpha value is -1.97. The Morgan fingerprint density at radius 1 is 1.28 bits per heavy atom. The molecule has 1 aromatic heterocycles. The summed E-state index contributed by atoms with van der Waals surface area (Å²) < 4.78 is 2.11. The van der Waals surface area contributed by atoms with Gasteiger partial charge in [0.25, 0.3) is 0 Å². The lowest BCUT2D eigenvalue weighted by Gasteiger charge is -2.23. The van der Waals surface area contributed by atoms with Crippen molar-refractivity contribution in [1.82, 2.24) is 9.55 Å². The van der Waals surface area contributed by atoms with Crippen molar-refractivity contribution in [2.45, 2.75) is 19.9 Å². The minimum absolute atomic E-state index is 0.813. The number of hydrogen-bond acceptors (Lipinski definition) is 3. The number of rotatable bonds is 6. The lowest BCUT2D eigenvalue weighted by Crippen LogP contribution is -2.24. The van der Waals surface area contributed by atoms with Crippen LogP contribution < -0.4 is 10.6 Å². The molecular weight excluding hydrogens is 224 g/mol. The van der Waals surface area contributed by atoms with E-state index in [1.807, 2.05) is 30.9 Å². The number of nitrogen functional groups attached to an aromatic ring is 1. The smallest absolute Gasteiger partial charge is 0.0945 e. The van der Waals surface area contributed by atoms with Crippen molar-refractivity contribution in [2.24, 2.45) is 0 Å². The highest BCUT2D eigenvalue weighted by molar-refractivity contribution is 5.52. The highest BCUT2D eigenvalue weighted by Crippen LogP contribution is 2.16. The summed E-state index contributed by atoms with van der Waals surface area (Å²) in [4.78, 5) is 6.40. The zero-order valence-electron chi connectivity index (χ0n) is 10.8. The molecule has 18 heavy (non-hydrogen) atoms. The van der Waals surface area contributed by atoms with E-state index in [2.05, 4.69) is 33.5 Å². The number of aryl methyl sites for hydroxylation is 1. The summed E-state index contributed by atoms with van der Waals surface area (Å²) in [6.07, 6.45) is 6.78. The zero-order valence-corrected chi connectivity index (χ0v) is 10.8. The Morgan fingerprint density at radius 2 is 2.06 bits per heavy atom. The molecule has 0 bridgehead atoms. The Morgan fingerprint density at radius 3 is 2.67 bits per heavy atom. The molecular formula is C14H20N4. The van der Waals surface area contributed by atoms with Gasteiger partial charge in [-0.05, 0) is 37.6 Å². The van der Waals surface area contributed by atoms with Gasteiger partial charge in [-0.15, -0.1) is 0 Å². The third kappa shape index (κ3) is 3.26. The van der Waals surface area contributed by atoms with Gasteiger partial charge in [-0.3, -0.25) is 0 Å². The van der Waals surface area contributed by atoms with E-state index in [1.165, 1.54) is 5.69 Å². The molecule has 96 valence electrons. The summed E-state index contributed by atoms with van der Waals surface area (Å²) in [5.41, 5.74) is 7.75. The van der Waals surface area contributed by atoms with Crippen LogP contribution in [0.3, 0.4) is 0 Å². The van der Waals surface area contributed by atoms with Crippen LogP contribution in [-0.2, 0) is 6.54 Å². The first-order valence-electron chi connectivity index (χ1n) is 6.36. The number of aromatic nitrogens is 2. The van der Waals surface area contributed by atoms with E-state index in [9.17, 15) is 0 Å². The molecule has 1 aromatic carbocycles. The molecule has 4 nitrogen and oxygen atoms in total. The third-order valence-corrected chi connectivity index (χ3v) is 3.04. The average Bonchev–Trinajstić information content (AvgIpc) is 2.89. The molecule has 0 aliphatic carbocycles. The van der Waals surface area contributed by atoms with Crippen LogP contribution in [0.25, 0.3) is 0 Å². The van der Waals surface area contributed by atoms with Crippen LogP contribution in [0, 0.1) is 0 Å². The number of hydrogen-bond donors (Lipinski definition) is 1. The maximum Gasteiger partial charge on any atom is 0.0945 e. The number of nitrogens with zero attached hydrogens (tertiary/aromatic N) is 3. The van der Waals surface area contributed by atoms with Crippen molar-refractivity contribution in [3.8, 4) is 0 Å². The van der Waals surface area contributed by atoms with Crippen LogP contribution in [0.4, 0.5) is 11.4 Å². The number of anilines is 2. The second kappa shape index (κ2) is 6.10. The van der Waals surface area contributed by atoms with Crippen molar-refractivity contribution in [2.75, 3.05) is 23.7 Å². The van der Waals surface area contributed by atoms with Crippen LogP contribution in [0.1, 0.15) is 13.3 Å². The van der Waals surface area contributed by atoms with Crippen LogP contribution in [0.2, 0.25) is 0 Å². The van der Waals surface area contributed by atoms with Crippen LogP contribution in [-0.4, -0.2) is 22.6 Å². The summed E-state index contributed by atoms with van der Waals surface area (Å²) in [6.45, 7) is 5.23. The number of imidazole rings is 1. The first-order chi connectivity index (χ1) is 8.79. The summed E-state index contributed by atoms with van der Waals surface area (Å²) >= 11 is 0. The molecule has 2 aromatic rings. The molecule has 1 heterocycles. The van der Waals surface area contributed by atoms with Crippen molar-refractivity contribution in [1.29, 1.82) is 0 Å². The molecule has 0 amide bonds. The summed E-state index contributed by atoms with van der Waals surface area (Å²) in [5.74, 6) is 0. The lowest BCUT2D eigenvalue weighted by molar-refractivity contribution is 0.627. The molecule has 0 saturated carbocycles. The number of benzene rings is 1. The second-order valence-corrected chi connectivity index (χ2v) is 4.33. The van der Waals surface area contributed by atoms with Gasteiger partial charge in [-0.2, -0.15) is 0 Å². The Labute approximate surface area is 108 Å². The molecule has 0 atom stereocenters. The largest absolute Gasteiger partial charge is 0.399 e. The molecule has 0 fully saturated rings. The van der Waals surface area contributed by atoms with E-state index in [1.54, 1.807) is 0 Å². The summed E-state index contributed by atoms with van der Waals surface area (Å²) in [6, 6.07) is 8.06. The lowest BCUT2D eigenvalue weighted by atomic mass is 10.2. The quantitative estimate of drug-likeness (QED) is 0.794. The van der Waals surface area contributed by atoms with Gasteiger partial charge in [0.2, 0.25) is 0 Å². The van der Waals surface area contributed by atoms with Crippen LogP contribution >= 0.6 is 0 Å². The minimum Gasteiger partial charge on any atom is -0.399 e. The predicted octanol–water partition coefficient (Wildman–Crippen LogP) is 2.38. The maximum atomic E-state index is 5.70. The van der Waals surface area contributed by atoms with Crippen molar-refractivity contribution >= 4 is 11.4 Å². The molecule has 0 unspecified atom stereocenters. The normalized spacial score (nSPS) is 10.5. The Balaban J connectivity index is 1.87. The van der Waals surface area contributed by atoms with Crippen molar-refractivity contribution in [3.63, 3.8) is 0 Å². The van der Waals surface area contributed by atoms with Crippen molar-refractivity contribution in [3.05, 3.63) is 43.0 Å². The Kier molecular flexibility index (Phi) is 4.23. The topological polar surface area (TPSA) is 47.1 Å². The van der Waals surface area contributed by atoms with E-state index in [4.69, 9.17) is 5.73 Å². The van der Waals surface area contributed by atoms with Crippen LogP contribution in [0.15, 0.2) is 43.0 Å². The van der Waals surface area contributed by atoms with Gasteiger partial charge in [0.05, 0.1) is 6.33 Å². The van der Waals surface area contributed by atoms with Gasteiger partial charge in [0, 0.05) is 43.4 Å². The predicted molar refractivity (Wildman–Crippen MR) is 75.6 cm³/mol. The fourth-order valence-electron chi connectivity index (χ4n) is 2.02. The van der Waals surface area contributed by atoms with E-state index in [0.29, 0.717) is 0 Å². The fourth-order valence-corrected chi connectivity index (χ4v) is 2.02. The number of nitrogens with two attached hydrogens (primary N) is 1. The van der Waals surface area contributed by atoms with E-state index < -0.39 is 0 Å². The molecule has 2 N–H and O–H groups in total. The standard InChI is InChI=1S/C14H20N4/c1-2-18(14-6-4-13(15)5-7-14)10-3-9-17-11-8-16-12-17/h4-8,11-12H,2-3,9-10,15H2,1H3. The average molecular weight is 244 g/mol. The van der Waals surface area contributed by atoms with Gasteiger partial charge < -0.3 is 15.2 Å². The molecule has 0 spiro atoms. The van der Waals surface area contributed by atoms with E-state index in [-0.39, 0.29) is 0 Å². The molecule has 2 rings (SSSR count). The summed E-state index contributed by atoms with van der Waals surface area (Å²) in [5, 5.41) is 0. The first kappa shape index (κ1) is 12.5. The van der Waals surface area contributed by atoms with Gasteiger partial charge in [0.15, 0.2) is 0 Å². The first-order valence-corrected chi connectivity index (χ1v) is 6.36. The van der Waals surface area contributed by atoms with Gasteiger partial charge in [-0.25, -0.2) is 4.98 Å². The monoisotopic (exact) mass is 244 g/mol. The maximum absolute atomic E-state index is 5.70. The van der Waals surface area contributed by atoms with E-state index in [0.717, 1.165) is 31.7 Å². The highest BCUT2D eigenvalue weighted by Gasteiger charge is 2.03. The second-order valence-electron chi connectivity index (χ2n) is 4.33. The Bertz CT molecular complexity index is 447. The van der Waals surface area contributed by atoms with Crippen molar-refractivity contribution < 1.29 is 0 Å². The van der Waals surface area contributed by atoms with Gasteiger partial charge in [0.1, 0.15) is 0 Å². The van der Waals surface area contributed by atoms with Gasteiger partial charge in [-0.1, -0.05) is 0 Å². The SMILES string of the molecule is CCN(CCCn1ccnc1)c1ccc(N)cc1. The molecule has 4 heteroatoms. The molecule has 0 radical (unpaired) electrons. The molecule has 0 aliphatic rings. The minimum atomic E-state index is 0.813. The molecule has 0 aliphatic heterocycles. The molecule has 0 saturated heterocycles. The highest BCUT2D eigenvalue weighted by atomic mass is 15.1.